The third-order valence-corrected chi connectivity index (χ3v) is 4.85. The number of nitrogens with one attached hydrogen (secondary N) is 2. The molecule has 2 N–H and O–H groups in total. The Balaban J connectivity index is 1.51. The first-order chi connectivity index (χ1) is 12.5. The van der Waals surface area contributed by atoms with Crippen LogP contribution in [-0.4, -0.2) is 55.7 Å². The van der Waals surface area contributed by atoms with Crippen LogP contribution < -0.4 is 10.6 Å². The molecule has 0 radical (unpaired) electrons. The van der Waals surface area contributed by atoms with Crippen molar-refractivity contribution in [1.82, 2.24) is 15.5 Å². The molecule has 0 aromatic heterocycles. The van der Waals surface area contributed by atoms with Gasteiger partial charge in [0.15, 0.2) is 5.96 Å². The van der Waals surface area contributed by atoms with Crippen molar-refractivity contribution in [2.24, 2.45) is 10.9 Å². The number of rotatable bonds is 5. The van der Waals surface area contributed by atoms with E-state index in [4.69, 9.17) is 4.74 Å². The number of carbonyl (C=O) groups is 1. The number of ether oxygens (including phenoxy) is 1. The molecule has 1 saturated heterocycles. The van der Waals surface area contributed by atoms with E-state index < -0.39 is 0 Å². The molecule has 2 unspecified atom stereocenters. The molecule has 1 aromatic rings. The Bertz CT molecular complexity index is 630. The van der Waals surface area contributed by atoms with E-state index in [1.165, 1.54) is 12.8 Å². The average molecular weight is 358 g/mol. The third kappa shape index (κ3) is 5.21. The van der Waals surface area contributed by atoms with Gasteiger partial charge < -0.3 is 20.3 Å². The Morgan fingerprint density at radius 3 is 2.38 bits per heavy atom. The highest BCUT2D eigenvalue weighted by Gasteiger charge is 2.26. The van der Waals surface area contributed by atoms with Crippen molar-refractivity contribution >= 4 is 11.9 Å². The maximum Gasteiger partial charge on any atom is 0.254 e. The van der Waals surface area contributed by atoms with E-state index in [2.05, 4.69) is 15.6 Å². The number of benzene rings is 1. The van der Waals surface area contributed by atoms with Crippen LogP contribution in [0.25, 0.3) is 0 Å². The fourth-order valence-electron chi connectivity index (χ4n) is 3.26. The molecule has 1 aromatic carbocycles. The van der Waals surface area contributed by atoms with Crippen LogP contribution in [0.15, 0.2) is 29.3 Å². The van der Waals surface area contributed by atoms with Crippen LogP contribution in [0.5, 0.6) is 0 Å². The largest absolute Gasteiger partial charge is 0.372 e. The lowest BCUT2D eigenvalue weighted by atomic mass is 10.1. The highest BCUT2D eigenvalue weighted by molar-refractivity contribution is 5.94. The molecular weight excluding hydrogens is 328 g/mol. The number of hydrogen-bond acceptors (Lipinski definition) is 3. The first-order valence-corrected chi connectivity index (χ1v) is 9.53. The van der Waals surface area contributed by atoms with Gasteiger partial charge in [0.1, 0.15) is 0 Å². The standard InChI is InChI=1S/C20H30N4O2/c1-14-12-24(13-15(2)26-14)19(25)18-8-6-17(7-9-18)11-23-20(21-3)22-10-16-4-5-16/h6-9,14-16H,4-5,10-13H2,1-3H3,(H2,21,22,23). The highest BCUT2D eigenvalue weighted by atomic mass is 16.5. The van der Waals surface area contributed by atoms with E-state index in [1.807, 2.05) is 43.0 Å². The van der Waals surface area contributed by atoms with Gasteiger partial charge in [-0.2, -0.15) is 0 Å². The van der Waals surface area contributed by atoms with Crippen molar-refractivity contribution in [2.75, 3.05) is 26.7 Å². The minimum atomic E-state index is 0.0772. The lowest BCUT2D eigenvalue weighted by Crippen LogP contribution is -2.48. The zero-order valence-electron chi connectivity index (χ0n) is 16.0. The molecule has 0 spiro atoms. The van der Waals surface area contributed by atoms with E-state index in [0.717, 1.165) is 29.5 Å². The van der Waals surface area contributed by atoms with Gasteiger partial charge in [-0.25, -0.2) is 0 Å². The number of aliphatic imine (C=N–C) groups is 1. The first kappa shape index (κ1) is 18.7. The molecular formula is C20H30N4O2. The van der Waals surface area contributed by atoms with Crippen LogP contribution in [0.2, 0.25) is 0 Å². The van der Waals surface area contributed by atoms with E-state index in [0.29, 0.717) is 19.6 Å². The normalized spacial score (nSPS) is 23.7. The van der Waals surface area contributed by atoms with Crippen LogP contribution in [-0.2, 0) is 11.3 Å². The summed E-state index contributed by atoms with van der Waals surface area (Å²) in [5.41, 5.74) is 1.85. The van der Waals surface area contributed by atoms with Gasteiger partial charge >= 0.3 is 0 Å². The molecule has 2 fully saturated rings. The molecule has 3 rings (SSSR count). The predicted molar refractivity (Wildman–Crippen MR) is 103 cm³/mol. The zero-order valence-corrected chi connectivity index (χ0v) is 16.0. The molecule has 1 aliphatic carbocycles. The van der Waals surface area contributed by atoms with Crippen LogP contribution >= 0.6 is 0 Å². The maximum atomic E-state index is 12.7. The summed E-state index contributed by atoms with van der Waals surface area (Å²) in [7, 11) is 1.79. The summed E-state index contributed by atoms with van der Waals surface area (Å²) < 4.78 is 5.71. The van der Waals surface area contributed by atoms with Gasteiger partial charge in [0.2, 0.25) is 0 Å². The monoisotopic (exact) mass is 358 g/mol. The van der Waals surface area contributed by atoms with Crippen molar-refractivity contribution in [2.45, 2.75) is 45.4 Å². The highest BCUT2D eigenvalue weighted by Crippen LogP contribution is 2.27. The Hall–Kier alpha value is -2.08. The Morgan fingerprint density at radius 1 is 1.15 bits per heavy atom. The third-order valence-electron chi connectivity index (χ3n) is 4.85. The van der Waals surface area contributed by atoms with Gasteiger partial charge in [0.05, 0.1) is 12.2 Å². The Morgan fingerprint density at radius 2 is 1.81 bits per heavy atom. The summed E-state index contributed by atoms with van der Waals surface area (Å²) in [6, 6.07) is 7.82. The van der Waals surface area contributed by atoms with Gasteiger partial charge in [-0.15, -0.1) is 0 Å². The van der Waals surface area contributed by atoms with Crippen molar-refractivity contribution in [1.29, 1.82) is 0 Å². The second-order valence-corrected chi connectivity index (χ2v) is 7.41. The average Bonchev–Trinajstić information content (AvgIpc) is 3.45. The van der Waals surface area contributed by atoms with Crippen molar-refractivity contribution in [3.05, 3.63) is 35.4 Å². The van der Waals surface area contributed by atoms with Gasteiger partial charge in [-0.3, -0.25) is 9.79 Å². The lowest BCUT2D eigenvalue weighted by molar-refractivity contribution is -0.0586. The van der Waals surface area contributed by atoms with Crippen molar-refractivity contribution in [3.8, 4) is 0 Å². The number of morpholine rings is 1. The van der Waals surface area contributed by atoms with Gasteiger partial charge in [-0.1, -0.05) is 12.1 Å². The molecule has 2 atom stereocenters. The van der Waals surface area contributed by atoms with E-state index in [9.17, 15) is 4.79 Å². The topological polar surface area (TPSA) is 66.0 Å². The quantitative estimate of drug-likeness (QED) is 0.624. The number of nitrogens with zero attached hydrogens (tertiary/aromatic N) is 2. The van der Waals surface area contributed by atoms with Crippen LogP contribution in [0.4, 0.5) is 0 Å². The summed E-state index contributed by atoms with van der Waals surface area (Å²) in [6.07, 6.45) is 2.81. The molecule has 1 heterocycles. The van der Waals surface area contributed by atoms with Crippen LogP contribution in [0.1, 0.15) is 42.6 Å². The van der Waals surface area contributed by atoms with Gasteiger partial charge in [-0.05, 0) is 50.3 Å². The fraction of sp³-hybridized carbons (Fsp3) is 0.600. The van der Waals surface area contributed by atoms with Crippen LogP contribution in [0.3, 0.4) is 0 Å². The second kappa shape index (κ2) is 8.54. The molecule has 142 valence electrons. The number of guanidine groups is 1. The summed E-state index contributed by atoms with van der Waals surface area (Å²) in [4.78, 5) is 18.8. The van der Waals surface area contributed by atoms with E-state index in [1.54, 1.807) is 7.05 Å². The second-order valence-electron chi connectivity index (χ2n) is 7.41. The fourth-order valence-corrected chi connectivity index (χ4v) is 3.26. The minimum Gasteiger partial charge on any atom is -0.372 e. The Labute approximate surface area is 156 Å². The molecule has 0 bridgehead atoms. The molecule has 6 nitrogen and oxygen atoms in total. The Kier molecular flexibility index (Phi) is 6.14. The number of amides is 1. The molecule has 1 amide bonds. The molecule has 1 saturated carbocycles. The SMILES string of the molecule is CN=C(NCc1ccc(C(=O)N2CC(C)OC(C)C2)cc1)NCC1CC1. The minimum absolute atomic E-state index is 0.0772. The summed E-state index contributed by atoms with van der Waals surface area (Å²) in [6.45, 7) is 6.99. The van der Waals surface area contributed by atoms with Crippen molar-refractivity contribution in [3.63, 3.8) is 0 Å². The first-order valence-electron chi connectivity index (χ1n) is 9.53. The van der Waals surface area contributed by atoms with E-state index >= 15 is 0 Å². The number of hydrogen-bond donors (Lipinski definition) is 2. The smallest absolute Gasteiger partial charge is 0.254 e. The van der Waals surface area contributed by atoms with Gasteiger partial charge in [0, 0.05) is 38.8 Å². The molecule has 2 aliphatic rings. The molecule has 6 heteroatoms. The van der Waals surface area contributed by atoms with E-state index in [-0.39, 0.29) is 18.1 Å². The van der Waals surface area contributed by atoms with Gasteiger partial charge in [0.25, 0.3) is 5.91 Å². The molecule has 1 aliphatic heterocycles. The zero-order chi connectivity index (χ0) is 18.5. The van der Waals surface area contributed by atoms with Crippen LogP contribution in [0, 0.1) is 5.92 Å². The lowest BCUT2D eigenvalue weighted by Gasteiger charge is -2.35. The number of carbonyl (C=O) groups excluding carboxylic acids is 1. The molecule has 26 heavy (non-hydrogen) atoms. The summed E-state index contributed by atoms with van der Waals surface area (Å²) >= 11 is 0. The summed E-state index contributed by atoms with van der Waals surface area (Å²) in [5, 5.41) is 6.67. The van der Waals surface area contributed by atoms with Crippen molar-refractivity contribution < 1.29 is 9.53 Å². The summed E-state index contributed by atoms with van der Waals surface area (Å²) in [5.74, 6) is 1.71. The maximum absolute atomic E-state index is 12.7. The predicted octanol–water partition coefficient (Wildman–Crippen LogP) is 2.01.